The molecule has 1 saturated heterocycles. The highest BCUT2D eigenvalue weighted by Gasteiger charge is 2.42. The standard InChI is InChI=1S/C17H15BrClNO2/c1-20-9-13(11-4-2-3-5-14(11)18)16(17(20)22)12-8-10(19)6-7-15(12)21/h2-8,13,16,21H,9H2,1H3/t13-,16-/m0/s1. The Morgan fingerprint density at radius 2 is 1.95 bits per heavy atom. The molecule has 5 heteroatoms. The van der Waals surface area contributed by atoms with Gasteiger partial charge in [-0.1, -0.05) is 45.7 Å². The first-order chi connectivity index (χ1) is 10.5. The normalized spacial score (nSPS) is 21.4. The molecule has 1 heterocycles. The maximum Gasteiger partial charge on any atom is 0.230 e. The Labute approximate surface area is 142 Å². The first-order valence-corrected chi connectivity index (χ1v) is 8.14. The van der Waals surface area contributed by atoms with E-state index in [1.54, 1.807) is 30.1 Å². The van der Waals surface area contributed by atoms with Crippen LogP contribution in [-0.4, -0.2) is 29.5 Å². The summed E-state index contributed by atoms with van der Waals surface area (Å²) in [4.78, 5) is 14.3. The summed E-state index contributed by atoms with van der Waals surface area (Å²) in [5.74, 6) is -0.353. The van der Waals surface area contributed by atoms with Gasteiger partial charge in [-0.25, -0.2) is 0 Å². The monoisotopic (exact) mass is 379 g/mol. The molecule has 0 unspecified atom stereocenters. The largest absolute Gasteiger partial charge is 0.508 e. The second-order valence-electron chi connectivity index (χ2n) is 5.53. The number of nitrogens with zero attached hydrogens (tertiary/aromatic N) is 1. The lowest BCUT2D eigenvalue weighted by molar-refractivity contribution is -0.127. The van der Waals surface area contributed by atoms with Gasteiger partial charge in [0.2, 0.25) is 5.91 Å². The van der Waals surface area contributed by atoms with Crippen molar-refractivity contribution in [2.24, 2.45) is 0 Å². The third kappa shape index (κ3) is 2.61. The smallest absolute Gasteiger partial charge is 0.230 e. The number of likely N-dealkylation sites (tertiary alicyclic amines) is 1. The number of rotatable bonds is 2. The molecule has 1 aliphatic heterocycles. The van der Waals surface area contributed by atoms with Gasteiger partial charge in [-0.3, -0.25) is 4.79 Å². The zero-order chi connectivity index (χ0) is 15.9. The number of phenolic OH excluding ortho intramolecular Hbond substituents is 1. The Hall–Kier alpha value is -1.52. The number of likely N-dealkylation sites (N-methyl/N-ethyl adjacent to an activating group) is 1. The summed E-state index contributed by atoms with van der Waals surface area (Å²) in [6, 6.07) is 12.7. The number of benzene rings is 2. The Morgan fingerprint density at radius 1 is 1.23 bits per heavy atom. The molecule has 2 atom stereocenters. The van der Waals surface area contributed by atoms with Crippen molar-refractivity contribution in [3.8, 4) is 5.75 Å². The van der Waals surface area contributed by atoms with E-state index in [1.165, 1.54) is 0 Å². The van der Waals surface area contributed by atoms with E-state index in [4.69, 9.17) is 11.6 Å². The number of halogens is 2. The summed E-state index contributed by atoms with van der Waals surface area (Å²) < 4.78 is 0.967. The van der Waals surface area contributed by atoms with E-state index >= 15 is 0 Å². The Morgan fingerprint density at radius 3 is 2.68 bits per heavy atom. The van der Waals surface area contributed by atoms with Crippen LogP contribution in [0.5, 0.6) is 5.75 Å². The zero-order valence-corrected chi connectivity index (χ0v) is 14.3. The van der Waals surface area contributed by atoms with Crippen LogP contribution in [0.3, 0.4) is 0 Å². The summed E-state index contributed by atoms with van der Waals surface area (Å²) >= 11 is 9.62. The third-order valence-electron chi connectivity index (χ3n) is 4.14. The molecule has 3 rings (SSSR count). The van der Waals surface area contributed by atoms with Crippen molar-refractivity contribution in [3.63, 3.8) is 0 Å². The van der Waals surface area contributed by atoms with Crippen LogP contribution in [0.2, 0.25) is 5.02 Å². The average molecular weight is 381 g/mol. The lowest BCUT2D eigenvalue weighted by Crippen LogP contribution is -2.21. The molecule has 3 nitrogen and oxygen atoms in total. The molecule has 1 N–H and O–H groups in total. The molecule has 0 aliphatic carbocycles. The molecule has 0 bridgehead atoms. The van der Waals surface area contributed by atoms with Gasteiger partial charge in [0.1, 0.15) is 5.75 Å². The fourth-order valence-electron chi connectivity index (χ4n) is 3.08. The van der Waals surface area contributed by atoms with Crippen molar-refractivity contribution in [3.05, 3.63) is 63.1 Å². The van der Waals surface area contributed by atoms with Gasteiger partial charge < -0.3 is 10.0 Å². The van der Waals surface area contributed by atoms with Crippen molar-refractivity contribution in [2.45, 2.75) is 11.8 Å². The van der Waals surface area contributed by atoms with Crippen molar-refractivity contribution in [1.29, 1.82) is 0 Å². The van der Waals surface area contributed by atoms with Crippen LogP contribution in [0.4, 0.5) is 0 Å². The molecule has 0 aromatic heterocycles. The van der Waals surface area contributed by atoms with Crippen LogP contribution in [-0.2, 0) is 4.79 Å². The number of carbonyl (C=O) groups excluding carboxylic acids is 1. The molecule has 1 amide bonds. The van der Waals surface area contributed by atoms with E-state index in [1.807, 2.05) is 24.3 Å². The molecule has 2 aromatic rings. The van der Waals surface area contributed by atoms with Crippen molar-refractivity contribution in [2.75, 3.05) is 13.6 Å². The van der Waals surface area contributed by atoms with Gasteiger partial charge in [-0.15, -0.1) is 0 Å². The molecular formula is C17H15BrClNO2. The molecule has 1 fully saturated rings. The van der Waals surface area contributed by atoms with Crippen molar-refractivity contribution >= 4 is 33.4 Å². The topological polar surface area (TPSA) is 40.5 Å². The molecule has 1 aliphatic rings. The minimum absolute atomic E-state index is 0.00156. The SMILES string of the molecule is CN1C[C@@H](c2ccccc2Br)[C@H](c2cc(Cl)ccc2O)C1=O. The van der Waals surface area contributed by atoms with E-state index in [-0.39, 0.29) is 17.6 Å². The zero-order valence-electron chi connectivity index (χ0n) is 12.0. The van der Waals surface area contributed by atoms with Gasteiger partial charge in [0.15, 0.2) is 0 Å². The summed E-state index contributed by atoms with van der Waals surface area (Å²) in [6.07, 6.45) is 0. The lowest BCUT2D eigenvalue weighted by Gasteiger charge is -2.20. The second kappa shape index (κ2) is 5.94. The lowest BCUT2D eigenvalue weighted by atomic mass is 9.83. The summed E-state index contributed by atoms with van der Waals surface area (Å²) in [6.45, 7) is 0.609. The van der Waals surface area contributed by atoms with E-state index in [0.29, 0.717) is 17.1 Å². The third-order valence-corrected chi connectivity index (χ3v) is 5.10. The number of carbonyl (C=O) groups is 1. The van der Waals surface area contributed by atoms with E-state index in [2.05, 4.69) is 15.9 Å². The van der Waals surface area contributed by atoms with Gasteiger partial charge in [-0.05, 0) is 29.8 Å². The molecule has 114 valence electrons. The van der Waals surface area contributed by atoms with Crippen LogP contribution in [0.1, 0.15) is 23.0 Å². The molecule has 2 aromatic carbocycles. The van der Waals surface area contributed by atoms with E-state index in [0.717, 1.165) is 10.0 Å². The maximum atomic E-state index is 12.6. The minimum Gasteiger partial charge on any atom is -0.508 e. The highest BCUT2D eigenvalue weighted by molar-refractivity contribution is 9.10. The summed E-state index contributed by atoms with van der Waals surface area (Å²) in [5, 5.41) is 10.7. The molecule has 0 saturated carbocycles. The first-order valence-electron chi connectivity index (χ1n) is 6.97. The van der Waals surface area contributed by atoms with E-state index < -0.39 is 5.92 Å². The molecule has 22 heavy (non-hydrogen) atoms. The van der Waals surface area contributed by atoms with Crippen LogP contribution in [0.15, 0.2) is 46.9 Å². The van der Waals surface area contributed by atoms with Gasteiger partial charge in [0, 0.05) is 34.6 Å². The summed E-state index contributed by atoms with van der Waals surface area (Å²) in [5.41, 5.74) is 1.65. The quantitative estimate of drug-likeness (QED) is 0.850. The van der Waals surface area contributed by atoms with Gasteiger partial charge in [-0.2, -0.15) is 0 Å². The van der Waals surface area contributed by atoms with Gasteiger partial charge in [0.05, 0.1) is 5.92 Å². The fraction of sp³-hybridized carbons (Fsp3) is 0.235. The Balaban J connectivity index is 2.12. The van der Waals surface area contributed by atoms with Crippen molar-refractivity contribution in [1.82, 2.24) is 4.90 Å². The molecule has 0 spiro atoms. The highest BCUT2D eigenvalue weighted by atomic mass is 79.9. The molecule has 0 radical (unpaired) electrons. The minimum atomic E-state index is -0.428. The second-order valence-corrected chi connectivity index (χ2v) is 6.82. The van der Waals surface area contributed by atoms with Crippen LogP contribution in [0, 0.1) is 0 Å². The van der Waals surface area contributed by atoms with Gasteiger partial charge >= 0.3 is 0 Å². The predicted molar refractivity (Wildman–Crippen MR) is 90.4 cm³/mol. The van der Waals surface area contributed by atoms with Crippen molar-refractivity contribution < 1.29 is 9.90 Å². The van der Waals surface area contributed by atoms with Crippen LogP contribution < -0.4 is 0 Å². The van der Waals surface area contributed by atoms with E-state index in [9.17, 15) is 9.90 Å². The highest BCUT2D eigenvalue weighted by Crippen LogP contribution is 2.45. The first kappa shape index (κ1) is 15.4. The number of amides is 1. The van der Waals surface area contributed by atoms with Crippen LogP contribution in [0.25, 0.3) is 0 Å². The number of hydrogen-bond donors (Lipinski definition) is 1. The number of hydrogen-bond acceptors (Lipinski definition) is 2. The average Bonchev–Trinajstić information content (AvgIpc) is 2.78. The Bertz CT molecular complexity index is 734. The predicted octanol–water partition coefficient (Wildman–Crippen LogP) is 4.15. The Kier molecular flexibility index (Phi) is 4.15. The summed E-state index contributed by atoms with van der Waals surface area (Å²) in [7, 11) is 1.79. The fourth-order valence-corrected chi connectivity index (χ4v) is 3.84. The van der Waals surface area contributed by atoms with Gasteiger partial charge in [0.25, 0.3) is 0 Å². The number of aromatic hydroxyl groups is 1. The maximum absolute atomic E-state index is 12.6. The number of phenols is 1. The van der Waals surface area contributed by atoms with Crippen LogP contribution >= 0.6 is 27.5 Å². The molecular weight excluding hydrogens is 366 g/mol.